The van der Waals surface area contributed by atoms with Crippen LogP contribution in [-0.4, -0.2) is 21.4 Å². The Morgan fingerprint density at radius 1 is 1.12 bits per heavy atom. The van der Waals surface area contributed by atoms with Gasteiger partial charge < -0.3 is 9.73 Å². The fraction of sp³-hybridized carbons (Fsp3) is 0.211. The summed E-state index contributed by atoms with van der Waals surface area (Å²) in [5.74, 6) is -0.191. The summed E-state index contributed by atoms with van der Waals surface area (Å²) in [5, 5.41) is 10.7. The van der Waals surface area contributed by atoms with Crippen LogP contribution in [0.25, 0.3) is 11.5 Å². The minimum absolute atomic E-state index is 0.145. The molecule has 0 unspecified atom stereocenters. The minimum Gasteiger partial charge on any atom is -0.411 e. The van der Waals surface area contributed by atoms with E-state index in [-0.39, 0.29) is 22.8 Å². The maximum atomic E-state index is 13.0. The zero-order chi connectivity index (χ0) is 18.7. The Morgan fingerprint density at radius 3 is 2.42 bits per heavy atom. The first-order valence-electron chi connectivity index (χ1n) is 8.07. The lowest BCUT2D eigenvalue weighted by molar-refractivity contribution is -0.115. The number of carbonyl (C=O) groups excluding carboxylic acids is 1. The smallest absolute Gasteiger partial charge is 0.277 e. The number of anilines is 1. The molecule has 3 rings (SSSR count). The summed E-state index contributed by atoms with van der Waals surface area (Å²) >= 11 is 1.17. The molecule has 0 aliphatic carbocycles. The van der Waals surface area contributed by atoms with Gasteiger partial charge in [-0.2, -0.15) is 0 Å². The SMILES string of the molecule is Cc1cccc(C)c1NC(=O)[C@@H](C)Sc1nnc(-c2ccc(F)cc2)o1. The molecule has 2 aromatic carbocycles. The lowest BCUT2D eigenvalue weighted by Crippen LogP contribution is -2.23. The molecular formula is C19H18FN3O2S. The first-order valence-corrected chi connectivity index (χ1v) is 8.95. The Kier molecular flexibility index (Phi) is 5.37. The van der Waals surface area contributed by atoms with Crippen LogP contribution in [0.5, 0.6) is 0 Å². The second kappa shape index (κ2) is 7.70. The molecule has 0 bridgehead atoms. The highest BCUT2D eigenvalue weighted by Crippen LogP contribution is 2.27. The maximum absolute atomic E-state index is 13.0. The predicted octanol–water partition coefficient (Wildman–Crippen LogP) is 4.61. The normalized spacial score (nSPS) is 12.0. The summed E-state index contributed by atoms with van der Waals surface area (Å²) in [4.78, 5) is 12.5. The molecule has 1 atom stereocenters. The quantitative estimate of drug-likeness (QED) is 0.663. The number of benzene rings is 2. The molecule has 1 aromatic heterocycles. The van der Waals surface area contributed by atoms with Crippen molar-refractivity contribution >= 4 is 23.4 Å². The van der Waals surface area contributed by atoms with Gasteiger partial charge in [0.15, 0.2) is 0 Å². The first kappa shape index (κ1) is 18.1. The van der Waals surface area contributed by atoms with Gasteiger partial charge in [-0.1, -0.05) is 30.0 Å². The third kappa shape index (κ3) is 4.11. The second-order valence-electron chi connectivity index (χ2n) is 5.90. The van der Waals surface area contributed by atoms with Gasteiger partial charge in [0.2, 0.25) is 11.8 Å². The van der Waals surface area contributed by atoms with Crippen LogP contribution in [0.2, 0.25) is 0 Å². The van der Waals surface area contributed by atoms with Crippen molar-refractivity contribution in [1.82, 2.24) is 10.2 Å². The van der Waals surface area contributed by atoms with Crippen molar-refractivity contribution in [3.8, 4) is 11.5 Å². The van der Waals surface area contributed by atoms with Crippen molar-refractivity contribution < 1.29 is 13.6 Å². The Hall–Kier alpha value is -2.67. The van der Waals surface area contributed by atoms with Crippen molar-refractivity contribution in [2.75, 3.05) is 5.32 Å². The number of hydrogen-bond donors (Lipinski definition) is 1. The summed E-state index contributed by atoms with van der Waals surface area (Å²) in [7, 11) is 0. The van der Waals surface area contributed by atoms with Crippen molar-refractivity contribution in [1.29, 1.82) is 0 Å². The average molecular weight is 371 g/mol. The van der Waals surface area contributed by atoms with Crippen molar-refractivity contribution in [2.24, 2.45) is 0 Å². The number of halogens is 1. The van der Waals surface area contributed by atoms with Crippen LogP contribution in [0.3, 0.4) is 0 Å². The van der Waals surface area contributed by atoms with Crippen LogP contribution < -0.4 is 5.32 Å². The van der Waals surface area contributed by atoms with E-state index in [9.17, 15) is 9.18 Å². The third-order valence-corrected chi connectivity index (χ3v) is 4.81. The number of amides is 1. The van der Waals surface area contributed by atoms with Gasteiger partial charge in [0, 0.05) is 11.3 Å². The molecule has 0 fully saturated rings. The van der Waals surface area contributed by atoms with E-state index in [0.717, 1.165) is 16.8 Å². The van der Waals surface area contributed by atoms with E-state index >= 15 is 0 Å². The van der Waals surface area contributed by atoms with Gasteiger partial charge in [0.05, 0.1) is 5.25 Å². The number of para-hydroxylation sites is 1. The molecular weight excluding hydrogens is 353 g/mol. The Labute approximate surface area is 155 Å². The summed E-state index contributed by atoms with van der Waals surface area (Å²) in [6.07, 6.45) is 0. The Bertz CT molecular complexity index is 905. The molecule has 1 heterocycles. The minimum atomic E-state index is -0.421. The number of aryl methyl sites for hydroxylation is 2. The number of carbonyl (C=O) groups is 1. The number of aromatic nitrogens is 2. The molecule has 0 saturated carbocycles. The summed E-state index contributed by atoms with van der Waals surface area (Å²) < 4.78 is 18.6. The molecule has 1 N–H and O–H groups in total. The molecule has 3 aromatic rings. The molecule has 0 saturated heterocycles. The number of thioether (sulfide) groups is 1. The number of rotatable bonds is 5. The van der Waals surface area contributed by atoms with Gasteiger partial charge >= 0.3 is 0 Å². The fourth-order valence-electron chi connectivity index (χ4n) is 2.41. The van der Waals surface area contributed by atoms with Crippen LogP contribution in [0, 0.1) is 19.7 Å². The van der Waals surface area contributed by atoms with E-state index in [2.05, 4.69) is 15.5 Å². The van der Waals surface area contributed by atoms with E-state index in [0.29, 0.717) is 5.56 Å². The van der Waals surface area contributed by atoms with E-state index in [1.165, 1.54) is 23.9 Å². The second-order valence-corrected chi connectivity index (χ2v) is 7.19. The number of nitrogens with zero attached hydrogens (tertiary/aromatic N) is 2. The molecule has 134 valence electrons. The zero-order valence-corrected chi connectivity index (χ0v) is 15.4. The molecule has 5 nitrogen and oxygen atoms in total. The number of hydrogen-bond acceptors (Lipinski definition) is 5. The van der Waals surface area contributed by atoms with Crippen molar-refractivity contribution in [3.05, 3.63) is 59.4 Å². The molecule has 0 aliphatic rings. The summed E-state index contributed by atoms with van der Waals surface area (Å²) in [6.45, 7) is 5.68. The molecule has 0 aliphatic heterocycles. The van der Waals surface area contributed by atoms with Crippen molar-refractivity contribution in [3.63, 3.8) is 0 Å². The van der Waals surface area contributed by atoms with E-state index < -0.39 is 5.25 Å². The maximum Gasteiger partial charge on any atom is 0.277 e. The van der Waals surface area contributed by atoms with E-state index in [4.69, 9.17) is 4.42 Å². The monoisotopic (exact) mass is 371 g/mol. The highest BCUT2D eigenvalue weighted by molar-refractivity contribution is 8.00. The Morgan fingerprint density at radius 2 is 1.77 bits per heavy atom. The Balaban J connectivity index is 1.67. The summed E-state index contributed by atoms with van der Waals surface area (Å²) in [5.41, 5.74) is 3.46. The molecule has 7 heteroatoms. The van der Waals surface area contributed by atoms with E-state index in [1.807, 2.05) is 32.0 Å². The van der Waals surface area contributed by atoms with Crippen LogP contribution >= 0.6 is 11.8 Å². The molecule has 0 radical (unpaired) electrons. The van der Waals surface area contributed by atoms with Crippen LogP contribution in [0.1, 0.15) is 18.1 Å². The van der Waals surface area contributed by atoms with Gasteiger partial charge in [-0.05, 0) is 56.2 Å². The highest BCUT2D eigenvalue weighted by atomic mass is 32.2. The van der Waals surface area contributed by atoms with Crippen LogP contribution in [-0.2, 0) is 4.79 Å². The van der Waals surface area contributed by atoms with Gasteiger partial charge in [0.1, 0.15) is 5.82 Å². The summed E-state index contributed by atoms with van der Waals surface area (Å²) in [6, 6.07) is 11.6. The van der Waals surface area contributed by atoms with Gasteiger partial charge in [-0.3, -0.25) is 4.79 Å². The van der Waals surface area contributed by atoms with Gasteiger partial charge in [-0.15, -0.1) is 10.2 Å². The lowest BCUT2D eigenvalue weighted by Gasteiger charge is -2.14. The zero-order valence-electron chi connectivity index (χ0n) is 14.6. The first-order chi connectivity index (χ1) is 12.4. The van der Waals surface area contributed by atoms with Crippen LogP contribution in [0.4, 0.5) is 10.1 Å². The largest absolute Gasteiger partial charge is 0.411 e. The van der Waals surface area contributed by atoms with Crippen LogP contribution in [0.15, 0.2) is 52.1 Å². The van der Waals surface area contributed by atoms with Gasteiger partial charge in [0.25, 0.3) is 5.22 Å². The molecule has 1 amide bonds. The topological polar surface area (TPSA) is 68.0 Å². The fourth-order valence-corrected chi connectivity index (χ4v) is 3.09. The highest BCUT2D eigenvalue weighted by Gasteiger charge is 2.20. The third-order valence-electron chi connectivity index (χ3n) is 3.87. The standard InChI is InChI=1S/C19H18FN3O2S/c1-11-5-4-6-12(2)16(11)21-17(24)13(3)26-19-23-22-18(25-19)14-7-9-15(20)10-8-14/h4-10,13H,1-3H3,(H,21,24)/t13-/m1/s1. The lowest BCUT2D eigenvalue weighted by atomic mass is 10.1. The average Bonchev–Trinajstić information content (AvgIpc) is 3.07. The van der Waals surface area contributed by atoms with E-state index in [1.54, 1.807) is 19.1 Å². The van der Waals surface area contributed by atoms with Crippen molar-refractivity contribution in [2.45, 2.75) is 31.2 Å². The predicted molar refractivity (Wildman–Crippen MR) is 99.6 cm³/mol. The number of nitrogens with one attached hydrogen (secondary N) is 1. The molecule has 0 spiro atoms. The van der Waals surface area contributed by atoms with Gasteiger partial charge in [-0.25, -0.2) is 4.39 Å². The molecule has 26 heavy (non-hydrogen) atoms.